The maximum Gasteiger partial charge on any atom is 0.274 e. The van der Waals surface area contributed by atoms with Gasteiger partial charge in [-0.3, -0.25) is 14.8 Å². The number of carbonyl (C=O) groups excluding carboxylic acids is 2. The van der Waals surface area contributed by atoms with Gasteiger partial charge in [0.1, 0.15) is 18.1 Å². The number of nitrogens with one attached hydrogen (secondary N) is 1. The molecule has 1 aliphatic rings. The number of ether oxygens (including phenoxy) is 2. The largest absolute Gasteiger partial charge is 0.497 e. The van der Waals surface area contributed by atoms with Gasteiger partial charge in [-0.25, -0.2) is 5.48 Å². The van der Waals surface area contributed by atoms with Crippen LogP contribution in [-0.2, 0) is 17.8 Å². The van der Waals surface area contributed by atoms with E-state index in [4.69, 9.17) is 14.7 Å². The molecule has 0 fully saturated rings. The molecule has 2 N–H and O–H groups in total. The fourth-order valence-corrected chi connectivity index (χ4v) is 3.44. The van der Waals surface area contributed by atoms with Gasteiger partial charge in [-0.05, 0) is 35.7 Å². The van der Waals surface area contributed by atoms with E-state index < -0.39 is 5.91 Å². The minimum absolute atomic E-state index is 0. The van der Waals surface area contributed by atoms with Gasteiger partial charge in [-0.15, -0.1) is 0 Å². The summed E-state index contributed by atoms with van der Waals surface area (Å²) in [5, 5.41) is 8.85. The molecule has 3 rings (SSSR count). The normalized spacial score (nSPS) is 15.4. The van der Waals surface area contributed by atoms with E-state index in [0.717, 1.165) is 16.9 Å². The van der Waals surface area contributed by atoms with Crippen LogP contribution in [0.5, 0.6) is 11.5 Å². The molecular weight excluding hydrogens is 404 g/mol. The van der Waals surface area contributed by atoms with Crippen molar-refractivity contribution in [2.75, 3.05) is 13.7 Å². The first kappa shape index (κ1) is 23.6. The van der Waals surface area contributed by atoms with Crippen molar-refractivity contribution in [2.45, 2.75) is 32.9 Å². The second kappa shape index (κ2) is 10.4. The van der Waals surface area contributed by atoms with Gasteiger partial charge in [0.15, 0.2) is 0 Å². The highest BCUT2D eigenvalue weighted by Gasteiger charge is 2.31. The van der Waals surface area contributed by atoms with Crippen LogP contribution in [0.1, 0.15) is 35.3 Å². The van der Waals surface area contributed by atoms with Crippen LogP contribution in [-0.4, -0.2) is 41.7 Å². The molecule has 7 nitrogen and oxygen atoms in total. The Kier molecular flexibility index (Phi) is 8.14. The molecule has 8 heteroatoms. The van der Waals surface area contributed by atoms with E-state index in [1.807, 2.05) is 29.2 Å². The number of amides is 2. The van der Waals surface area contributed by atoms with Crippen molar-refractivity contribution in [3.8, 4) is 11.5 Å². The van der Waals surface area contributed by atoms with Crippen molar-refractivity contribution >= 4 is 25.3 Å². The third-order valence-electron chi connectivity index (χ3n) is 5.19. The van der Waals surface area contributed by atoms with Gasteiger partial charge in [-0.2, -0.15) is 13.5 Å². The molecule has 162 valence electrons. The first-order valence-corrected chi connectivity index (χ1v) is 9.55. The van der Waals surface area contributed by atoms with E-state index in [9.17, 15) is 9.59 Å². The van der Waals surface area contributed by atoms with E-state index in [1.165, 1.54) is 0 Å². The van der Waals surface area contributed by atoms with Crippen molar-refractivity contribution in [3.05, 3.63) is 59.2 Å². The van der Waals surface area contributed by atoms with Crippen LogP contribution >= 0.6 is 13.5 Å². The van der Waals surface area contributed by atoms with Crippen LogP contribution in [0.2, 0.25) is 0 Å². The highest BCUT2D eigenvalue weighted by atomic mass is 32.1. The van der Waals surface area contributed by atoms with Crippen LogP contribution in [0.15, 0.2) is 42.5 Å². The number of hydroxylamine groups is 1. The number of carbonyl (C=O) groups is 2. The van der Waals surface area contributed by atoms with Crippen LogP contribution in [0, 0.1) is 5.92 Å². The van der Waals surface area contributed by atoms with Crippen LogP contribution < -0.4 is 15.0 Å². The molecule has 2 aromatic rings. The first-order valence-electron chi connectivity index (χ1n) is 9.55. The van der Waals surface area contributed by atoms with Crippen LogP contribution in [0.4, 0.5) is 0 Å². The summed E-state index contributed by atoms with van der Waals surface area (Å²) in [6, 6.07) is 12.3. The summed E-state index contributed by atoms with van der Waals surface area (Å²) in [6.45, 7) is 4.85. The molecule has 0 aromatic heterocycles. The van der Waals surface area contributed by atoms with E-state index in [2.05, 4.69) is 13.8 Å². The Morgan fingerprint density at radius 2 is 1.93 bits per heavy atom. The fourth-order valence-electron chi connectivity index (χ4n) is 3.44. The number of rotatable bonds is 5. The Morgan fingerprint density at radius 1 is 1.23 bits per heavy atom. The number of hydrogen-bond donors (Lipinski definition) is 2. The number of methoxy groups -OCH3 is 1. The quantitative estimate of drug-likeness (QED) is 0.560. The molecule has 2 amide bonds. The van der Waals surface area contributed by atoms with E-state index in [1.54, 1.807) is 30.8 Å². The molecule has 0 saturated carbocycles. The highest BCUT2D eigenvalue weighted by molar-refractivity contribution is 7.59. The first-order chi connectivity index (χ1) is 13.9. The van der Waals surface area contributed by atoms with Crippen molar-refractivity contribution in [1.82, 2.24) is 10.4 Å². The summed E-state index contributed by atoms with van der Waals surface area (Å²) < 4.78 is 11.1. The lowest BCUT2D eigenvalue weighted by atomic mass is 10.0. The minimum Gasteiger partial charge on any atom is -0.497 e. The average Bonchev–Trinajstić information content (AvgIpc) is 2.93. The summed E-state index contributed by atoms with van der Waals surface area (Å²) in [7, 11) is 1.61. The predicted molar refractivity (Wildman–Crippen MR) is 117 cm³/mol. The average molecular weight is 433 g/mol. The molecule has 0 unspecified atom stereocenters. The zero-order valence-corrected chi connectivity index (χ0v) is 18.3. The molecular formula is C22H28N2O5S. The smallest absolute Gasteiger partial charge is 0.274 e. The summed E-state index contributed by atoms with van der Waals surface area (Å²) in [4.78, 5) is 26.7. The third-order valence-corrected chi connectivity index (χ3v) is 5.19. The molecule has 1 aliphatic heterocycles. The van der Waals surface area contributed by atoms with E-state index in [-0.39, 0.29) is 37.8 Å². The number of benzene rings is 2. The molecule has 30 heavy (non-hydrogen) atoms. The zero-order valence-electron chi connectivity index (χ0n) is 17.3. The number of hydrogen-bond acceptors (Lipinski definition) is 5. The SMILES string of the molecule is COc1ccc(CC(=O)N2Cc3ccc(C(=O)NO)cc3OC[C@@H]2C(C)C)cc1.S. The van der Waals surface area contributed by atoms with Gasteiger partial charge in [-0.1, -0.05) is 32.0 Å². The molecule has 1 atom stereocenters. The Balaban J connectivity index is 0.00000320. The molecule has 0 bridgehead atoms. The van der Waals surface area contributed by atoms with Gasteiger partial charge in [0.2, 0.25) is 5.91 Å². The number of fused-ring (bicyclic) bond motifs is 1. The van der Waals surface area contributed by atoms with Gasteiger partial charge in [0, 0.05) is 17.7 Å². The maximum atomic E-state index is 13.2. The predicted octanol–water partition coefficient (Wildman–Crippen LogP) is 2.92. The standard InChI is InChI=1S/C22H26N2O5.H2S/c1-14(2)19-13-29-20-11-16(22(26)23-27)6-7-17(20)12-24(19)21(25)10-15-4-8-18(28-3)9-5-15;/h4-9,11,14,19,27H,10,12-13H2,1-3H3,(H,23,26);1H2/t19-;/m1./s1. The second-order valence-corrected chi connectivity index (χ2v) is 7.43. The summed E-state index contributed by atoms with van der Waals surface area (Å²) in [5.74, 6) is 0.915. The third kappa shape index (κ3) is 5.25. The van der Waals surface area contributed by atoms with Crippen molar-refractivity contribution in [3.63, 3.8) is 0 Å². The Morgan fingerprint density at radius 3 is 2.53 bits per heavy atom. The van der Waals surface area contributed by atoms with Gasteiger partial charge in [0.25, 0.3) is 5.91 Å². The highest BCUT2D eigenvalue weighted by Crippen LogP contribution is 2.29. The summed E-state index contributed by atoms with van der Waals surface area (Å²) >= 11 is 0. The van der Waals surface area contributed by atoms with Crippen molar-refractivity contribution in [2.24, 2.45) is 5.92 Å². The molecule has 0 saturated heterocycles. The monoisotopic (exact) mass is 432 g/mol. The number of nitrogens with zero attached hydrogens (tertiary/aromatic N) is 1. The zero-order chi connectivity index (χ0) is 21.0. The lowest BCUT2D eigenvalue weighted by molar-refractivity contribution is -0.135. The summed E-state index contributed by atoms with van der Waals surface area (Å²) in [5.41, 5.74) is 3.66. The molecule has 1 heterocycles. The van der Waals surface area contributed by atoms with Crippen LogP contribution in [0.25, 0.3) is 0 Å². The van der Waals surface area contributed by atoms with Gasteiger partial charge in [0.05, 0.1) is 19.6 Å². The topological polar surface area (TPSA) is 88.1 Å². The van der Waals surface area contributed by atoms with Crippen molar-refractivity contribution < 1.29 is 24.3 Å². The van der Waals surface area contributed by atoms with Gasteiger partial charge >= 0.3 is 0 Å². The second-order valence-electron chi connectivity index (χ2n) is 7.43. The fraction of sp³-hybridized carbons (Fsp3) is 0.364. The Bertz CT molecular complexity index is 886. The molecule has 0 aliphatic carbocycles. The lowest BCUT2D eigenvalue weighted by Crippen LogP contribution is -2.45. The Hall–Kier alpha value is -2.71. The molecule has 0 radical (unpaired) electrons. The van der Waals surface area contributed by atoms with E-state index >= 15 is 0 Å². The molecule has 2 aromatic carbocycles. The Labute approximate surface area is 183 Å². The lowest BCUT2D eigenvalue weighted by Gasteiger charge is -2.32. The van der Waals surface area contributed by atoms with Crippen LogP contribution in [0.3, 0.4) is 0 Å². The molecule has 0 spiro atoms. The van der Waals surface area contributed by atoms with Gasteiger partial charge < -0.3 is 14.4 Å². The van der Waals surface area contributed by atoms with Crippen molar-refractivity contribution in [1.29, 1.82) is 0 Å². The minimum atomic E-state index is -0.603. The summed E-state index contributed by atoms with van der Waals surface area (Å²) in [6.07, 6.45) is 0.285. The maximum absolute atomic E-state index is 13.2. The van der Waals surface area contributed by atoms with E-state index in [0.29, 0.717) is 24.5 Å².